The minimum absolute atomic E-state index is 0.00786. The van der Waals surface area contributed by atoms with Crippen LogP contribution >= 0.6 is 0 Å². The Kier molecular flexibility index (Phi) is 5.71. The lowest BCUT2D eigenvalue weighted by Gasteiger charge is -2.22. The van der Waals surface area contributed by atoms with Crippen LogP contribution in [0, 0.1) is 0 Å². The molecule has 1 aliphatic heterocycles. The predicted octanol–water partition coefficient (Wildman–Crippen LogP) is 1.02. The molecule has 1 heterocycles. The number of amides is 1. The first-order valence-corrected chi connectivity index (χ1v) is 7.07. The Morgan fingerprint density at radius 2 is 2.00 bits per heavy atom. The second kappa shape index (κ2) is 7.75. The van der Waals surface area contributed by atoms with Crippen molar-refractivity contribution in [2.45, 2.75) is 25.4 Å². The number of ether oxygens (including phenoxy) is 1. The van der Waals surface area contributed by atoms with E-state index in [0.29, 0.717) is 11.3 Å². The lowest BCUT2D eigenvalue weighted by Crippen LogP contribution is -2.34. The molecule has 0 saturated carbocycles. The summed E-state index contributed by atoms with van der Waals surface area (Å²) in [6.07, 6.45) is 1.81. The van der Waals surface area contributed by atoms with Crippen molar-refractivity contribution < 1.29 is 19.4 Å². The Labute approximate surface area is 123 Å². The third-order valence-corrected chi connectivity index (χ3v) is 3.37. The summed E-state index contributed by atoms with van der Waals surface area (Å²) in [6.45, 7) is 1.81. The second-order valence-electron chi connectivity index (χ2n) is 5.04. The van der Waals surface area contributed by atoms with Crippen LogP contribution in [0.25, 0.3) is 0 Å². The summed E-state index contributed by atoms with van der Waals surface area (Å²) in [6, 6.07) is 6.90. The van der Waals surface area contributed by atoms with E-state index in [-0.39, 0.29) is 25.0 Å². The maximum Gasteiger partial charge on any atom is 0.307 e. The van der Waals surface area contributed by atoms with E-state index in [4.69, 9.17) is 9.84 Å². The van der Waals surface area contributed by atoms with Gasteiger partial charge < -0.3 is 20.5 Å². The highest BCUT2D eigenvalue weighted by Gasteiger charge is 2.15. The standard InChI is InChI=1S/C15H20N2O4/c18-14(10-21-12-5-7-16-8-6-12)17-13-4-2-1-3-11(13)9-15(19)20/h1-4,12,16H,5-10H2,(H,17,18)(H,19,20). The van der Waals surface area contributed by atoms with Gasteiger partial charge in [-0.3, -0.25) is 9.59 Å². The highest BCUT2D eigenvalue weighted by Crippen LogP contribution is 2.16. The van der Waals surface area contributed by atoms with Crippen LogP contribution in [0.4, 0.5) is 5.69 Å². The summed E-state index contributed by atoms with van der Waals surface area (Å²) in [5.41, 5.74) is 1.11. The molecular weight excluding hydrogens is 272 g/mol. The van der Waals surface area contributed by atoms with E-state index in [1.54, 1.807) is 24.3 Å². The van der Waals surface area contributed by atoms with Crippen LogP contribution in [0.1, 0.15) is 18.4 Å². The number of benzene rings is 1. The van der Waals surface area contributed by atoms with Crippen molar-refractivity contribution in [1.82, 2.24) is 5.32 Å². The highest BCUT2D eigenvalue weighted by atomic mass is 16.5. The smallest absolute Gasteiger partial charge is 0.307 e. The number of carboxylic acids is 1. The summed E-state index contributed by atoms with van der Waals surface area (Å²) in [5, 5.41) is 14.8. The molecule has 6 nitrogen and oxygen atoms in total. The molecule has 3 N–H and O–H groups in total. The van der Waals surface area contributed by atoms with Crippen LogP contribution in [0.15, 0.2) is 24.3 Å². The minimum atomic E-state index is -0.928. The fourth-order valence-corrected chi connectivity index (χ4v) is 2.30. The largest absolute Gasteiger partial charge is 0.481 e. The van der Waals surface area contributed by atoms with Crippen LogP contribution in [0.5, 0.6) is 0 Å². The van der Waals surface area contributed by atoms with Gasteiger partial charge in [-0.1, -0.05) is 18.2 Å². The maximum absolute atomic E-state index is 11.9. The van der Waals surface area contributed by atoms with Gasteiger partial charge in [0.25, 0.3) is 0 Å². The first-order chi connectivity index (χ1) is 10.1. The molecule has 0 unspecified atom stereocenters. The Morgan fingerprint density at radius 3 is 2.71 bits per heavy atom. The zero-order chi connectivity index (χ0) is 15.1. The highest BCUT2D eigenvalue weighted by molar-refractivity contribution is 5.93. The molecule has 1 aromatic rings. The number of carbonyl (C=O) groups excluding carboxylic acids is 1. The Hall–Kier alpha value is -1.92. The lowest BCUT2D eigenvalue weighted by atomic mass is 10.1. The van der Waals surface area contributed by atoms with Gasteiger partial charge in [-0.05, 0) is 37.6 Å². The Bertz CT molecular complexity index is 498. The van der Waals surface area contributed by atoms with Crippen molar-refractivity contribution in [1.29, 1.82) is 0 Å². The van der Waals surface area contributed by atoms with Gasteiger partial charge in [0.15, 0.2) is 0 Å². The van der Waals surface area contributed by atoms with Crippen molar-refractivity contribution in [3.05, 3.63) is 29.8 Å². The number of hydrogen-bond acceptors (Lipinski definition) is 4. The van der Waals surface area contributed by atoms with Crippen molar-refractivity contribution in [2.75, 3.05) is 25.0 Å². The molecule has 0 aromatic heterocycles. The number of hydrogen-bond donors (Lipinski definition) is 3. The number of carbonyl (C=O) groups is 2. The molecule has 0 atom stereocenters. The summed E-state index contributed by atoms with van der Waals surface area (Å²) >= 11 is 0. The minimum Gasteiger partial charge on any atom is -0.481 e. The molecule has 1 saturated heterocycles. The van der Waals surface area contributed by atoms with E-state index < -0.39 is 5.97 Å². The average Bonchev–Trinajstić information content (AvgIpc) is 2.48. The van der Waals surface area contributed by atoms with E-state index in [9.17, 15) is 9.59 Å². The van der Waals surface area contributed by atoms with Gasteiger partial charge in [-0.2, -0.15) is 0 Å². The van der Waals surface area contributed by atoms with E-state index >= 15 is 0 Å². The fourth-order valence-electron chi connectivity index (χ4n) is 2.30. The van der Waals surface area contributed by atoms with Gasteiger partial charge in [0.1, 0.15) is 6.61 Å². The zero-order valence-corrected chi connectivity index (χ0v) is 11.8. The van der Waals surface area contributed by atoms with Crippen LogP contribution < -0.4 is 10.6 Å². The van der Waals surface area contributed by atoms with Gasteiger partial charge in [0, 0.05) is 5.69 Å². The van der Waals surface area contributed by atoms with E-state index in [1.807, 2.05) is 0 Å². The van der Waals surface area contributed by atoms with Gasteiger partial charge >= 0.3 is 5.97 Å². The van der Waals surface area contributed by atoms with Gasteiger partial charge in [0.05, 0.1) is 12.5 Å². The van der Waals surface area contributed by atoms with Gasteiger partial charge in [-0.25, -0.2) is 0 Å². The third-order valence-electron chi connectivity index (χ3n) is 3.37. The number of carboxylic acid groups (broad SMARTS) is 1. The van der Waals surface area contributed by atoms with Crippen molar-refractivity contribution in [2.24, 2.45) is 0 Å². The van der Waals surface area contributed by atoms with Crippen LogP contribution in [-0.4, -0.2) is 42.8 Å². The monoisotopic (exact) mass is 292 g/mol. The summed E-state index contributed by atoms with van der Waals surface area (Å²) in [7, 11) is 0. The SMILES string of the molecule is O=C(O)Cc1ccccc1NC(=O)COC1CCNCC1. The lowest BCUT2D eigenvalue weighted by molar-refractivity contribution is -0.136. The van der Waals surface area contributed by atoms with Crippen LogP contribution in [0.2, 0.25) is 0 Å². The average molecular weight is 292 g/mol. The van der Waals surface area contributed by atoms with E-state index in [1.165, 1.54) is 0 Å². The molecule has 1 aliphatic rings. The number of anilines is 1. The summed E-state index contributed by atoms with van der Waals surface area (Å²) in [4.78, 5) is 22.7. The van der Waals surface area contributed by atoms with E-state index in [0.717, 1.165) is 25.9 Å². The normalized spacial score (nSPS) is 15.6. The first-order valence-electron chi connectivity index (χ1n) is 7.07. The molecule has 0 aliphatic carbocycles. The van der Waals surface area contributed by atoms with E-state index in [2.05, 4.69) is 10.6 Å². The molecule has 0 bridgehead atoms. The number of aliphatic carboxylic acids is 1. The quantitative estimate of drug-likeness (QED) is 0.728. The van der Waals surface area contributed by atoms with Crippen molar-refractivity contribution in [3.63, 3.8) is 0 Å². The number of piperidine rings is 1. The van der Waals surface area contributed by atoms with Gasteiger partial charge in [-0.15, -0.1) is 0 Å². The molecule has 1 amide bonds. The summed E-state index contributed by atoms with van der Waals surface area (Å²) < 4.78 is 5.57. The molecule has 0 spiro atoms. The predicted molar refractivity (Wildman–Crippen MR) is 78.3 cm³/mol. The Morgan fingerprint density at radius 1 is 1.29 bits per heavy atom. The molecule has 6 heteroatoms. The third kappa shape index (κ3) is 5.17. The number of nitrogens with one attached hydrogen (secondary N) is 2. The topological polar surface area (TPSA) is 87.7 Å². The van der Waals surface area contributed by atoms with Crippen molar-refractivity contribution >= 4 is 17.6 Å². The first kappa shape index (κ1) is 15.5. The molecule has 1 fully saturated rings. The molecule has 1 aromatic carbocycles. The number of para-hydroxylation sites is 1. The van der Waals surface area contributed by atoms with Crippen molar-refractivity contribution in [3.8, 4) is 0 Å². The molecule has 21 heavy (non-hydrogen) atoms. The molecule has 0 radical (unpaired) electrons. The number of rotatable bonds is 6. The second-order valence-corrected chi connectivity index (χ2v) is 5.04. The maximum atomic E-state index is 11.9. The van der Waals surface area contributed by atoms with Gasteiger partial charge in [0.2, 0.25) is 5.91 Å². The Balaban J connectivity index is 1.85. The summed E-state index contributed by atoms with van der Waals surface area (Å²) in [5.74, 6) is -1.19. The fraction of sp³-hybridized carbons (Fsp3) is 0.467. The molecule has 2 rings (SSSR count). The zero-order valence-electron chi connectivity index (χ0n) is 11.8. The molecular formula is C15H20N2O4. The molecule has 114 valence electrons. The van der Waals surface area contributed by atoms with Crippen LogP contribution in [-0.2, 0) is 20.7 Å². The van der Waals surface area contributed by atoms with Crippen LogP contribution in [0.3, 0.4) is 0 Å².